The van der Waals surface area contributed by atoms with Crippen molar-refractivity contribution in [2.75, 3.05) is 26.4 Å². The number of hydrogen-bond donors (Lipinski definition) is 1. The lowest BCUT2D eigenvalue weighted by Gasteiger charge is -2.07. The van der Waals surface area contributed by atoms with Gasteiger partial charge in [-0.15, -0.1) is 6.58 Å². The van der Waals surface area contributed by atoms with Crippen molar-refractivity contribution in [2.24, 2.45) is 5.73 Å². The third-order valence-electron chi connectivity index (χ3n) is 1.38. The second kappa shape index (κ2) is 8.65. The minimum Gasteiger partial charge on any atom is -0.461 e. The molecule has 0 amide bonds. The zero-order valence-corrected chi connectivity index (χ0v) is 8.08. The number of halogens is 1. The molecule has 0 saturated carbocycles. The second-order valence-electron chi connectivity index (χ2n) is 2.58. The minimum atomic E-state index is -1.63. The first-order valence-electron chi connectivity index (χ1n) is 4.41. The molecular formula is C9H16FNO3. The SMILES string of the molecule is C=CCOCCOC(=O)C(F)CCN. The lowest BCUT2D eigenvalue weighted by Crippen LogP contribution is -2.23. The van der Waals surface area contributed by atoms with Gasteiger partial charge in [-0.1, -0.05) is 6.08 Å². The lowest BCUT2D eigenvalue weighted by atomic mass is 10.3. The highest BCUT2D eigenvalue weighted by molar-refractivity contribution is 5.74. The van der Waals surface area contributed by atoms with Crippen LogP contribution in [0.15, 0.2) is 12.7 Å². The Morgan fingerprint density at radius 2 is 2.29 bits per heavy atom. The minimum absolute atomic E-state index is 0.00759. The van der Waals surface area contributed by atoms with Crippen LogP contribution in [-0.4, -0.2) is 38.5 Å². The molecule has 14 heavy (non-hydrogen) atoms. The maximum atomic E-state index is 12.8. The van der Waals surface area contributed by atoms with Gasteiger partial charge in [-0.25, -0.2) is 9.18 Å². The summed E-state index contributed by atoms with van der Waals surface area (Å²) in [7, 11) is 0. The molecule has 0 aliphatic rings. The first-order valence-corrected chi connectivity index (χ1v) is 4.41. The lowest BCUT2D eigenvalue weighted by molar-refractivity contribution is -0.151. The van der Waals surface area contributed by atoms with Crippen molar-refractivity contribution in [2.45, 2.75) is 12.6 Å². The molecule has 0 aliphatic heterocycles. The Kier molecular flexibility index (Phi) is 8.07. The molecule has 5 heteroatoms. The van der Waals surface area contributed by atoms with E-state index < -0.39 is 12.1 Å². The van der Waals surface area contributed by atoms with Crippen LogP contribution < -0.4 is 5.73 Å². The van der Waals surface area contributed by atoms with Gasteiger partial charge in [0, 0.05) is 6.42 Å². The Hall–Kier alpha value is -0.940. The standard InChI is InChI=1S/C9H16FNO3/c1-2-5-13-6-7-14-9(12)8(10)3-4-11/h2,8H,1,3-7,11H2. The molecule has 0 aromatic heterocycles. The molecule has 0 aromatic carbocycles. The van der Waals surface area contributed by atoms with Crippen LogP contribution in [0.1, 0.15) is 6.42 Å². The zero-order valence-electron chi connectivity index (χ0n) is 8.08. The van der Waals surface area contributed by atoms with Crippen LogP contribution in [0, 0.1) is 0 Å². The normalized spacial score (nSPS) is 12.1. The third-order valence-corrected chi connectivity index (χ3v) is 1.38. The smallest absolute Gasteiger partial charge is 0.340 e. The second-order valence-corrected chi connectivity index (χ2v) is 2.58. The first kappa shape index (κ1) is 13.1. The Morgan fingerprint density at radius 3 is 2.86 bits per heavy atom. The summed E-state index contributed by atoms with van der Waals surface area (Å²) in [5.74, 6) is -0.877. The predicted octanol–water partition coefficient (Wildman–Crippen LogP) is 0.419. The van der Waals surface area contributed by atoms with Gasteiger partial charge in [0.2, 0.25) is 0 Å². The molecular weight excluding hydrogens is 189 g/mol. The average Bonchev–Trinajstić information content (AvgIpc) is 2.17. The topological polar surface area (TPSA) is 61.5 Å². The molecule has 0 bridgehead atoms. The average molecular weight is 205 g/mol. The Labute approximate surface area is 82.9 Å². The number of alkyl halides is 1. The van der Waals surface area contributed by atoms with Gasteiger partial charge in [-0.2, -0.15) is 0 Å². The maximum Gasteiger partial charge on any atom is 0.340 e. The van der Waals surface area contributed by atoms with Crippen LogP contribution in [0.4, 0.5) is 4.39 Å². The monoisotopic (exact) mass is 205 g/mol. The molecule has 0 radical (unpaired) electrons. The van der Waals surface area contributed by atoms with E-state index in [9.17, 15) is 9.18 Å². The van der Waals surface area contributed by atoms with Gasteiger partial charge >= 0.3 is 5.97 Å². The highest BCUT2D eigenvalue weighted by Crippen LogP contribution is 1.99. The third kappa shape index (κ3) is 6.56. The molecule has 82 valence electrons. The number of carbonyl (C=O) groups excluding carboxylic acids is 1. The van der Waals surface area contributed by atoms with E-state index in [-0.39, 0.29) is 26.2 Å². The molecule has 0 heterocycles. The van der Waals surface area contributed by atoms with Crippen molar-refractivity contribution >= 4 is 5.97 Å². The van der Waals surface area contributed by atoms with E-state index >= 15 is 0 Å². The van der Waals surface area contributed by atoms with Crippen LogP contribution in [0.25, 0.3) is 0 Å². The molecule has 1 atom stereocenters. The van der Waals surface area contributed by atoms with Gasteiger partial charge in [-0.05, 0) is 6.54 Å². The number of rotatable bonds is 8. The van der Waals surface area contributed by atoms with E-state index in [2.05, 4.69) is 11.3 Å². The molecule has 0 spiro atoms. The molecule has 0 fully saturated rings. The van der Waals surface area contributed by atoms with E-state index in [1.165, 1.54) is 0 Å². The van der Waals surface area contributed by atoms with E-state index in [0.717, 1.165) is 0 Å². The van der Waals surface area contributed by atoms with E-state index in [1.807, 2.05) is 0 Å². The molecule has 0 aliphatic carbocycles. The summed E-state index contributed by atoms with van der Waals surface area (Å²) in [5.41, 5.74) is 5.08. The van der Waals surface area contributed by atoms with Gasteiger partial charge in [-0.3, -0.25) is 0 Å². The molecule has 4 nitrogen and oxygen atoms in total. The summed E-state index contributed by atoms with van der Waals surface area (Å²) in [6.45, 7) is 4.25. The number of ether oxygens (including phenoxy) is 2. The Balaban J connectivity index is 3.38. The molecule has 1 unspecified atom stereocenters. The zero-order chi connectivity index (χ0) is 10.8. The van der Waals surface area contributed by atoms with Gasteiger partial charge < -0.3 is 15.2 Å². The Morgan fingerprint density at radius 1 is 1.57 bits per heavy atom. The van der Waals surface area contributed by atoms with Crippen molar-refractivity contribution in [1.29, 1.82) is 0 Å². The fourth-order valence-electron chi connectivity index (χ4n) is 0.722. The largest absolute Gasteiger partial charge is 0.461 e. The quantitative estimate of drug-likeness (QED) is 0.354. The summed E-state index contributed by atoms with van der Waals surface area (Å²) in [6.07, 6.45) is -0.0556. The summed E-state index contributed by atoms with van der Waals surface area (Å²) in [4.78, 5) is 10.8. The highest BCUT2D eigenvalue weighted by Gasteiger charge is 2.17. The van der Waals surface area contributed by atoms with Gasteiger partial charge in [0.05, 0.1) is 13.2 Å². The van der Waals surface area contributed by atoms with Crippen molar-refractivity contribution < 1.29 is 18.7 Å². The van der Waals surface area contributed by atoms with Gasteiger partial charge in [0.25, 0.3) is 0 Å². The summed E-state index contributed by atoms with van der Waals surface area (Å²) >= 11 is 0. The van der Waals surface area contributed by atoms with Crippen LogP contribution in [0.2, 0.25) is 0 Å². The summed E-state index contributed by atoms with van der Waals surface area (Å²) < 4.78 is 22.3. The number of nitrogens with two attached hydrogens (primary N) is 1. The van der Waals surface area contributed by atoms with Crippen molar-refractivity contribution in [1.82, 2.24) is 0 Å². The predicted molar refractivity (Wildman–Crippen MR) is 50.5 cm³/mol. The van der Waals surface area contributed by atoms with Crippen molar-refractivity contribution in [3.05, 3.63) is 12.7 Å². The fourth-order valence-corrected chi connectivity index (χ4v) is 0.722. The van der Waals surface area contributed by atoms with Crippen LogP contribution in [0.5, 0.6) is 0 Å². The number of hydrogen-bond acceptors (Lipinski definition) is 4. The van der Waals surface area contributed by atoms with Crippen LogP contribution >= 0.6 is 0 Å². The van der Waals surface area contributed by atoms with E-state index in [1.54, 1.807) is 6.08 Å². The van der Waals surface area contributed by atoms with Crippen molar-refractivity contribution in [3.63, 3.8) is 0 Å². The first-order chi connectivity index (χ1) is 6.72. The van der Waals surface area contributed by atoms with Gasteiger partial charge in [0.15, 0.2) is 6.17 Å². The van der Waals surface area contributed by atoms with Crippen LogP contribution in [0.3, 0.4) is 0 Å². The van der Waals surface area contributed by atoms with E-state index in [0.29, 0.717) is 6.61 Å². The molecule has 2 N–H and O–H groups in total. The van der Waals surface area contributed by atoms with E-state index in [4.69, 9.17) is 10.5 Å². The summed E-state index contributed by atoms with van der Waals surface area (Å²) in [6, 6.07) is 0. The highest BCUT2D eigenvalue weighted by atomic mass is 19.1. The maximum absolute atomic E-state index is 12.8. The molecule has 0 rings (SSSR count). The Bertz CT molecular complexity index is 175. The van der Waals surface area contributed by atoms with Crippen LogP contribution in [-0.2, 0) is 14.3 Å². The van der Waals surface area contributed by atoms with Crippen molar-refractivity contribution in [3.8, 4) is 0 Å². The van der Waals surface area contributed by atoms with Gasteiger partial charge in [0.1, 0.15) is 6.61 Å². The molecule has 0 saturated heterocycles. The molecule has 0 aromatic rings. The number of carbonyl (C=O) groups is 1. The number of esters is 1. The summed E-state index contributed by atoms with van der Waals surface area (Å²) in [5, 5.41) is 0. The fraction of sp³-hybridized carbons (Fsp3) is 0.667.